The van der Waals surface area contributed by atoms with Crippen molar-refractivity contribution in [3.8, 4) is 0 Å². The molecule has 0 aliphatic rings. The second kappa shape index (κ2) is 5.30. The van der Waals surface area contributed by atoms with Crippen molar-refractivity contribution < 1.29 is 9.21 Å². The minimum atomic E-state index is -0.0757. The minimum Gasteiger partial charge on any atom is -0.467 e. The zero-order valence-electron chi connectivity index (χ0n) is 11.7. The molecule has 0 radical (unpaired) electrons. The maximum Gasteiger partial charge on any atom is 0.275 e. The molecule has 0 fully saturated rings. The topological polar surface area (TPSA) is 62.1 Å². The van der Waals surface area contributed by atoms with Crippen LogP contribution in [0.3, 0.4) is 0 Å². The van der Waals surface area contributed by atoms with Crippen molar-refractivity contribution in [3.63, 3.8) is 0 Å². The van der Waals surface area contributed by atoms with Crippen LogP contribution in [0.1, 0.15) is 41.4 Å². The molecule has 102 valence electrons. The number of rotatable bonds is 4. The first-order valence-electron chi connectivity index (χ1n) is 6.35. The number of nitrogens with zero attached hydrogens (tertiary/aromatic N) is 2. The van der Waals surface area contributed by atoms with Crippen molar-refractivity contribution in [1.82, 2.24) is 15.1 Å². The lowest BCUT2D eigenvalue weighted by molar-refractivity contribution is 0.0669. The van der Waals surface area contributed by atoms with E-state index < -0.39 is 0 Å². The molecule has 19 heavy (non-hydrogen) atoms. The number of furan rings is 1. The molecule has 2 rings (SSSR count). The molecule has 0 spiro atoms. The molecule has 0 saturated carbocycles. The quantitative estimate of drug-likeness (QED) is 0.920. The first-order chi connectivity index (χ1) is 9.00. The number of amides is 1. The molecule has 0 aliphatic carbocycles. The lowest BCUT2D eigenvalue weighted by Gasteiger charge is -2.25. The zero-order valence-corrected chi connectivity index (χ0v) is 11.7. The molecule has 0 unspecified atom stereocenters. The van der Waals surface area contributed by atoms with Crippen molar-refractivity contribution >= 4 is 5.91 Å². The van der Waals surface area contributed by atoms with E-state index in [1.165, 1.54) is 0 Å². The van der Waals surface area contributed by atoms with E-state index in [0.717, 1.165) is 17.0 Å². The Morgan fingerprint density at radius 2 is 2.21 bits per heavy atom. The van der Waals surface area contributed by atoms with Crippen LogP contribution in [-0.2, 0) is 6.54 Å². The number of carbonyl (C=O) groups is 1. The monoisotopic (exact) mass is 261 g/mol. The molecule has 0 atom stereocenters. The number of nitrogens with one attached hydrogen (secondary N) is 1. The van der Waals surface area contributed by atoms with Crippen LogP contribution in [0.2, 0.25) is 0 Å². The van der Waals surface area contributed by atoms with Gasteiger partial charge in [-0.2, -0.15) is 5.10 Å². The fraction of sp³-hybridized carbons (Fsp3) is 0.429. The van der Waals surface area contributed by atoms with Gasteiger partial charge in [-0.05, 0) is 39.8 Å². The van der Waals surface area contributed by atoms with Gasteiger partial charge in [-0.3, -0.25) is 9.89 Å². The van der Waals surface area contributed by atoms with E-state index in [4.69, 9.17) is 4.42 Å². The fourth-order valence-electron chi connectivity index (χ4n) is 1.89. The number of H-pyrrole nitrogens is 1. The largest absolute Gasteiger partial charge is 0.467 e. The zero-order chi connectivity index (χ0) is 14.0. The fourth-order valence-corrected chi connectivity index (χ4v) is 1.89. The third kappa shape index (κ3) is 2.70. The number of aryl methyl sites for hydroxylation is 1. The highest BCUT2D eigenvalue weighted by atomic mass is 16.3. The average molecular weight is 261 g/mol. The second-order valence-corrected chi connectivity index (χ2v) is 4.93. The molecule has 0 bridgehead atoms. The van der Waals surface area contributed by atoms with E-state index in [1.54, 1.807) is 11.2 Å². The number of hydrogen-bond donors (Lipinski definition) is 1. The molecule has 1 amide bonds. The van der Waals surface area contributed by atoms with Gasteiger partial charge in [0.1, 0.15) is 5.76 Å². The van der Waals surface area contributed by atoms with Crippen LogP contribution in [0.5, 0.6) is 0 Å². The Morgan fingerprint density at radius 3 is 2.68 bits per heavy atom. The summed E-state index contributed by atoms with van der Waals surface area (Å²) in [5.74, 6) is 0.695. The second-order valence-electron chi connectivity index (χ2n) is 4.93. The summed E-state index contributed by atoms with van der Waals surface area (Å²) in [5.41, 5.74) is 2.30. The highest BCUT2D eigenvalue weighted by molar-refractivity contribution is 5.94. The van der Waals surface area contributed by atoms with Gasteiger partial charge in [0, 0.05) is 17.3 Å². The summed E-state index contributed by atoms with van der Waals surface area (Å²) in [6.45, 7) is 8.23. The first kappa shape index (κ1) is 13.4. The Hall–Kier alpha value is -2.04. The summed E-state index contributed by atoms with van der Waals surface area (Å²) in [7, 11) is 0. The molecule has 2 heterocycles. The van der Waals surface area contributed by atoms with Gasteiger partial charge in [0.2, 0.25) is 0 Å². The summed E-state index contributed by atoms with van der Waals surface area (Å²) >= 11 is 0. The van der Waals surface area contributed by atoms with Gasteiger partial charge >= 0.3 is 0 Å². The summed E-state index contributed by atoms with van der Waals surface area (Å²) in [6.07, 6.45) is 1.61. The van der Waals surface area contributed by atoms with Gasteiger partial charge in [0.05, 0.1) is 12.8 Å². The maximum atomic E-state index is 12.5. The van der Waals surface area contributed by atoms with Crippen LogP contribution in [0.15, 0.2) is 22.8 Å². The van der Waals surface area contributed by atoms with Crippen molar-refractivity contribution in [1.29, 1.82) is 0 Å². The number of aromatic amines is 1. The van der Waals surface area contributed by atoms with Gasteiger partial charge < -0.3 is 9.32 Å². The minimum absolute atomic E-state index is 0.0757. The van der Waals surface area contributed by atoms with Crippen molar-refractivity contribution in [2.75, 3.05) is 0 Å². The van der Waals surface area contributed by atoms with E-state index in [9.17, 15) is 4.79 Å². The highest BCUT2D eigenvalue weighted by Gasteiger charge is 2.24. The van der Waals surface area contributed by atoms with Crippen LogP contribution < -0.4 is 0 Å². The molecule has 0 saturated heterocycles. The Kier molecular flexibility index (Phi) is 3.74. The lowest BCUT2D eigenvalue weighted by Crippen LogP contribution is -2.36. The molecule has 0 aliphatic heterocycles. The van der Waals surface area contributed by atoms with Crippen molar-refractivity contribution in [2.24, 2.45) is 0 Å². The average Bonchev–Trinajstić information content (AvgIpc) is 2.97. The normalized spacial score (nSPS) is 11.0. The Morgan fingerprint density at radius 1 is 1.47 bits per heavy atom. The number of carbonyl (C=O) groups excluding carboxylic acids is 1. The first-order valence-corrected chi connectivity index (χ1v) is 6.35. The van der Waals surface area contributed by atoms with Crippen molar-refractivity contribution in [2.45, 2.75) is 40.3 Å². The highest BCUT2D eigenvalue weighted by Crippen LogP contribution is 2.16. The van der Waals surface area contributed by atoms with Crippen LogP contribution >= 0.6 is 0 Å². The van der Waals surface area contributed by atoms with E-state index in [-0.39, 0.29) is 11.9 Å². The molecule has 5 heteroatoms. The predicted octanol–water partition coefficient (Wildman–Crippen LogP) is 2.67. The smallest absolute Gasteiger partial charge is 0.275 e. The summed E-state index contributed by atoms with van der Waals surface area (Å²) in [4.78, 5) is 14.3. The standard InChI is InChI=1S/C14H19N3O2/c1-9(2)17(8-12-6-5-7-19-12)14(18)13-10(3)11(4)15-16-13/h5-7,9H,8H2,1-4H3,(H,15,16). The summed E-state index contributed by atoms with van der Waals surface area (Å²) in [5, 5.41) is 6.95. The summed E-state index contributed by atoms with van der Waals surface area (Å²) < 4.78 is 5.31. The number of aromatic nitrogens is 2. The van der Waals surface area contributed by atoms with Crippen LogP contribution in [0.25, 0.3) is 0 Å². The van der Waals surface area contributed by atoms with E-state index in [1.807, 2.05) is 39.8 Å². The summed E-state index contributed by atoms with van der Waals surface area (Å²) in [6, 6.07) is 3.77. The van der Waals surface area contributed by atoms with Gasteiger partial charge in [-0.15, -0.1) is 0 Å². The molecular weight excluding hydrogens is 242 g/mol. The molecule has 2 aromatic heterocycles. The third-order valence-corrected chi connectivity index (χ3v) is 3.25. The predicted molar refractivity (Wildman–Crippen MR) is 71.8 cm³/mol. The molecule has 0 aromatic carbocycles. The van der Waals surface area contributed by atoms with Crippen molar-refractivity contribution in [3.05, 3.63) is 41.1 Å². The van der Waals surface area contributed by atoms with E-state index in [0.29, 0.717) is 12.2 Å². The van der Waals surface area contributed by atoms with Crippen LogP contribution in [0, 0.1) is 13.8 Å². The molecule has 2 aromatic rings. The maximum absolute atomic E-state index is 12.5. The van der Waals surface area contributed by atoms with Crippen LogP contribution in [-0.4, -0.2) is 27.0 Å². The lowest BCUT2D eigenvalue weighted by atomic mass is 10.1. The van der Waals surface area contributed by atoms with Crippen LogP contribution in [0.4, 0.5) is 0 Å². The van der Waals surface area contributed by atoms with E-state index >= 15 is 0 Å². The molecular formula is C14H19N3O2. The van der Waals surface area contributed by atoms with Gasteiger partial charge in [0.25, 0.3) is 5.91 Å². The Labute approximate surface area is 112 Å². The van der Waals surface area contributed by atoms with E-state index in [2.05, 4.69) is 10.2 Å². The Bertz CT molecular complexity index is 555. The Balaban J connectivity index is 2.24. The van der Waals surface area contributed by atoms with Gasteiger partial charge in [-0.25, -0.2) is 0 Å². The number of hydrogen-bond acceptors (Lipinski definition) is 3. The van der Waals surface area contributed by atoms with Gasteiger partial charge in [0.15, 0.2) is 5.69 Å². The molecule has 1 N–H and O–H groups in total. The van der Waals surface area contributed by atoms with Gasteiger partial charge in [-0.1, -0.05) is 0 Å². The molecule has 5 nitrogen and oxygen atoms in total. The third-order valence-electron chi connectivity index (χ3n) is 3.25. The SMILES string of the molecule is Cc1[nH]nc(C(=O)N(Cc2ccco2)C(C)C)c1C.